The van der Waals surface area contributed by atoms with Gasteiger partial charge < -0.3 is 14.2 Å². The first-order chi connectivity index (χ1) is 11.7. The minimum Gasteiger partial charge on any atom is -0.493 e. The Hall–Kier alpha value is -2.28. The minimum absolute atomic E-state index is 0.201. The number of thiazole rings is 1. The molecule has 2 aromatic rings. The number of unbranched alkanes of at least 4 members (excludes halogenated alkanes) is 1. The van der Waals surface area contributed by atoms with Crippen LogP contribution in [-0.4, -0.2) is 31.2 Å². The number of hydrogen-bond donors (Lipinski definition) is 1. The van der Waals surface area contributed by atoms with Gasteiger partial charge in [-0.25, -0.2) is 4.98 Å². The Kier molecular flexibility index (Phi) is 6.87. The molecule has 2 rings (SSSR count). The van der Waals surface area contributed by atoms with E-state index in [1.165, 1.54) is 11.3 Å². The highest BCUT2D eigenvalue weighted by molar-refractivity contribution is 7.13. The van der Waals surface area contributed by atoms with Gasteiger partial charge in [-0.1, -0.05) is 13.3 Å². The number of hydrogen-bond acceptors (Lipinski definition) is 6. The van der Waals surface area contributed by atoms with Crippen molar-refractivity contribution in [3.05, 3.63) is 29.8 Å². The van der Waals surface area contributed by atoms with Gasteiger partial charge in [0.15, 0.2) is 22.7 Å². The molecule has 1 N–H and O–H groups in total. The summed E-state index contributed by atoms with van der Waals surface area (Å²) in [6, 6.07) is 5.23. The first-order valence-corrected chi connectivity index (χ1v) is 8.65. The van der Waals surface area contributed by atoms with E-state index in [0.29, 0.717) is 28.8 Å². The van der Waals surface area contributed by atoms with Crippen molar-refractivity contribution in [3.8, 4) is 17.2 Å². The van der Waals surface area contributed by atoms with Crippen LogP contribution in [0.1, 0.15) is 26.2 Å². The van der Waals surface area contributed by atoms with Crippen LogP contribution in [0.4, 0.5) is 5.13 Å². The van der Waals surface area contributed by atoms with Gasteiger partial charge in [0.1, 0.15) is 5.75 Å². The molecule has 0 bridgehead atoms. The lowest BCUT2D eigenvalue weighted by Gasteiger charge is -2.19. The second-order valence-corrected chi connectivity index (χ2v) is 5.99. The summed E-state index contributed by atoms with van der Waals surface area (Å²) < 4.78 is 16.4. The molecule has 0 aliphatic carbocycles. The van der Waals surface area contributed by atoms with E-state index in [9.17, 15) is 4.79 Å². The van der Waals surface area contributed by atoms with Crippen LogP contribution in [0.15, 0.2) is 29.8 Å². The van der Waals surface area contributed by atoms with Crippen molar-refractivity contribution in [2.45, 2.75) is 32.3 Å². The maximum Gasteiger partial charge on any atom is 0.267 e. The van der Waals surface area contributed by atoms with E-state index in [-0.39, 0.29) is 5.91 Å². The Morgan fingerprint density at radius 1 is 1.29 bits per heavy atom. The molecule has 0 spiro atoms. The molecular weight excluding hydrogens is 328 g/mol. The summed E-state index contributed by atoms with van der Waals surface area (Å²) in [4.78, 5) is 16.5. The number of carbonyl (C=O) groups is 1. The highest BCUT2D eigenvalue weighted by Gasteiger charge is 2.21. The molecule has 1 aromatic carbocycles. The van der Waals surface area contributed by atoms with Crippen LogP contribution in [0.25, 0.3) is 0 Å². The normalized spacial score (nSPS) is 11.6. The lowest BCUT2D eigenvalue weighted by molar-refractivity contribution is -0.123. The molecule has 0 fully saturated rings. The molecule has 130 valence electrons. The summed E-state index contributed by atoms with van der Waals surface area (Å²) in [5.41, 5.74) is 0. The van der Waals surface area contributed by atoms with Crippen molar-refractivity contribution < 1.29 is 19.0 Å². The highest BCUT2D eigenvalue weighted by Crippen LogP contribution is 2.31. The number of anilines is 1. The highest BCUT2D eigenvalue weighted by atomic mass is 32.1. The van der Waals surface area contributed by atoms with Gasteiger partial charge in [-0.05, 0) is 25.0 Å². The van der Waals surface area contributed by atoms with E-state index in [1.54, 1.807) is 38.6 Å². The van der Waals surface area contributed by atoms with E-state index in [1.807, 2.05) is 5.38 Å². The number of aromatic nitrogens is 1. The number of nitrogens with zero attached hydrogens (tertiary/aromatic N) is 1. The van der Waals surface area contributed by atoms with E-state index in [4.69, 9.17) is 14.2 Å². The molecule has 7 heteroatoms. The third-order valence-corrected chi connectivity index (χ3v) is 4.10. The average Bonchev–Trinajstić information content (AvgIpc) is 3.11. The summed E-state index contributed by atoms with van der Waals surface area (Å²) in [5, 5.41) is 5.17. The summed E-state index contributed by atoms with van der Waals surface area (Å²) in [5.74, 6) is 1.53. The van der Waals surface area contributed by atoms with Crippen LogP contribution in [0.3, 0.4) is 0 Å². The van der Waals surface area contributed by atoms with Crippen LogP contribution in [0.5, 0.6) is 17.2 Å². The molecule has 1 amide bonds. The zero-order valence-corrected chi connectivity index (χ0v) is 14.9. The molecule has 0 radical (unpaired) electrons. The minimum atomic E-state index is -0.591. The number of nitrogens with one attached hydrogen (secondary N) is 1. The van der Waals surface area contributed by atoms with E-state index < -0.39 is 6.10 Å². The first kappa shape index (κ1) is 18.1. The van der Waals surface area contributed by atoms with Gasteiger partial charge in [0, 0.05) is 17.6 Å². The van der Waals surface area contributed by atoms with Crippen molar-refractivity contribution in [3.63, 3.8) is 0 Å². The zero-order chi connectivity index (χ0) is 17.4. The third-order valence-electron chi connectivity index (χ3n) is 3.41. The monoisotopic (exact) mass is 350 g/mol. The summed E-state index contributed by atoms with van der Waals surface area (Å²) >= 11 is 1.37. The second-order valence-electron chi connectivity index (χ2n) is 5.09. The zero-order valence-electron chi connectivity index (χ0n) is 14.1. The van der Waals surface area contributed by atoms with Crippen molar-refractivity contribution in [2.75, 3.05) is 19.5 Å². The first-order valence-electron chi connectivity index (χ1n) is 7.77. The van der Waals surface area contributed by atoms with Crippen LogP contribution in [-0.2, 0) is 4.79 Å². The van der Waals surface area contributed by atoms with Crippen molar-refractivity contribution in [1.82, 2.24) is 4.98 Å². The van der Waals surface area contributed by atoms with Gasteiger partial charge in [0.25, 0.3) is 5.91 Å². The number of ether oxygens (including phenoxy) is 3. The average molecular weight is 350 g/mol. The molecule has 1 heterocycles. The number of carbonyl (C=O) groups excluding carboxylic acids is 1. The van der Waals surface area contributed by atoms with Crippen LogP contribution in [0, 0.1) is 0 Å². The Bertz CT molecular complexity index is 646. The third kappa shape index (κ3) is 4.86. The van der Waals surface area contributed by atoms with E-state index in [0.717, 1.165) is 12.8 Å². The summed E-state index contributed by atoms with van der Waals surface area (Å²) in [6.07, 6.45) is 3.56. The summed E-state index contributed by atoms with van der Waals surface area (Å²) in [6.45, 7) is 2.08. The molecule has 0 aliphatic heterocycles. The van der Waals surface area contributed by atoms with Gasteiger partial charge in [-0.3, -0.25) is 10.1 Å². The van der Waals surface area contributed by atoms with Gasteiger partial charge in [0.2, 0.25) is 0 Å². The topological polar surface area (TPSA) is 69.7 Å². The SMILES string of the molecule is CCCCC(Oc1ccc(OC)c(OC)c1)C(=O)Nc1nccs1. The molecule has 0 aliphatic rings. The fraction of sp³-hybridized carbons (Fsp3) is 0.412. The van der Waals surface area contributed by atoms with Crippen LogP contribution >= 0.6 is 11.3 Å². The molecule has 24 heavy (non-hydrogen) atoms. The van der Waals surface area contributed by atoms with Gasteiger partial charge in [-0.15, -0.1) is 11.3 Å². The predicted octanol–water partition coefficient (Wildman–Crippen LogP) is 3.74. The molecule has 0 saturated heterocycles. The molecule has 1 unspecified atom stereocenters. The molecule has 1 aromatic heterocycles. The standard InChI is InChI=1S/C17H22N2O4S/c1-4-5-6-14(16(20)19-17-18-9-10-24-17)23-12-7-8-13(21-2)15(11-12)22-3/h7-11,14H,4-6H2,1-3H3,(H,18,19,20). The van der Waals surface area contributed by atoms with Crippen molar-refractivity contribution >= 4 is 22.4 Å². The Balaban J connectivity index is 2.11. The van der Waals surface area contributed by atoms with Crippen molar-refractivity contribution in [2.24, 2.45) is 0 Å². The smallest absolute Gasteiger partial charge is 0.267 e. The van der Waals surface area contributed by atoms with Gasteiger partial charge >= 0.3 is 0 Å². The van der Waals surface area contributed by atoms with E-state index >= 15 is 0 Å². The van der Waals surface area contributed by atoms with Crippen molar-refractivity contribution in [1.29, 1.82) is 0 Å². The van der Waals surface area contributed by atoms with Crippen LogP contribution < -0.4 is 19.5 Å². The summed E-state index contributed by atoms with van der Waals surface area (Å²) in [7, 11) is 3.13. The van der Waals surface area contributed by atoms with E-state index in [2.05, 4.69) is 17.2 Å². The molecule has 6 nitrogen and oxygen atoms in total. The predicted molar refractivity (Wildman–Crippen MR) is 94.2 cm³/mol. The Labute approximate surface area is 145 Å². The quantitative estimate of drug-likeness (QED) is 0.746. The Morgan fingerprint density at radius 2 is 2.08 bits per heavy atom. The fourth-order valence-electron chi connectivity index (χ4n) is 2.16. The lowest BCUT2D eigenvalue weighted by atomic mass is 10.1. The molecular formula is C17H22N2O4S. The fourth-order valence-corrected chi connectivity index (χ4v) is 2.69. The number of amides is 1. The lowest BCUT2D eigenvalue weighted by Crippen LogP contribution is -2.33. The Morgan fingerprint density at radius 3 is 2.71 bits per heavy atom. The maximum absolute atomic E-state index is 12.5. The number of rotatable bonds is 9. The molecule has 0 saturated carbocycles. The van der Waals surface area contributed by atoms with Gasteiger partial charge in [0.05, 0.1) is 14.2 Å². The second kappa shape index (κ2) is 9.12. The maximum atomic E-state index is 12.5. The van der Waals surface area contributed by atoms with Crippen LogP contribution in [0.2, 0.25) is 0 Å². The largest absolute Gasteiger partial charge is 0.493 e. The number of methoxy groups -OCH3 is 2. The van der Waals surface area contributed by atoms with Gasteiger partial charge in [-0.2, -0.15) is 0 Å². The molecule has 1 atom stereocenters. The number of benzene rings is 1.